The lowest BCUT2D eigenvalue weighted by atomic mass is 10.1. The maximum atomic E-state index is 13.7. The van der Waals surface area contributed by atoms with Gasteiger partial charge in [-0.25, -0.2) is 8.78 Å². The van der Waals surface area contributed by atoms with Gasteiger partial charge in [0.25, 0.3) is 0 Å². The van der Waals surface area contributed by atoms with Gasteiger partial charge in [0.05, 0.1) is 12.6 Å². The van der Waals surface area contributed by atoms with Crippen molar-refractivity contribution in [2.24, 2.45) is 0 Å². The van der Waals surface area contributed by atoms with E-state index in [-0.39, 0.29) is 11.6 Å². The van der Waals surface area contributed by atoms with Crippen molar-refractivity contribution in [2.75, 3.05) is 6.61 Å². The van der Waals surface area contributed by atoms with Gasteiger partial charge in [0.1, 0.15) is 4.75 Å². The molecule has 3 nitrogen and oxygen atoms in total. The van der Waals surface area contributed by atoms with Gasteiger partial charge in [-0.2, -0.15) is 0 Å². The molecule has 0 bridgehead atoms. The number of hydrogen-bond acceptors (Lipinski definition) is 3. The van der Waals surface area contributed by atoms with Gasteiger partial charge >= 0.3 is 0 Å². The summed E-state index contributed by atoms with van der Waals surface area (Å²) in [6, 6.07) is 3.25. The topological polar surface area (TPSA) is 44.3 Å². The van der Waals surface area contributed by atoms with Crippen molar-refractivity contribution in [1.82, 2.24) is 4.72 Å². The van der Waals surface area contributed by atoms with Gasteiger partial charge in [-0.15, -0.1) is 4.72 Å². The zero-order valence-corrected chi connectivity index (χ0v) is 18.3. The van der Waals surface area contributed by atoms with Gasteiger partial charge in [-0.3, -0.25) is 0 Å². The zero-order valence-electron chi connectivity index (χ0n) is 16.5. The maximum Gasteiger partial charge on any atom is 0.192 e. The molecular weight excluding hydrogens is 360 g/mol. The number of hydrogen-bond donors (Lipinski definition) is 1. The molecule has 0 heterocycles. The summed E-state index contributed by atoms with van der Waals surface area (Å²) in [6.45, 7) is 16.5. The van der Waals surface area contributed by atoms with Gasteiger partial charge in [0.15, 0.2) is 20.0 Å². The van der Waals surface area contributed by atoms with Crippen molar-refractivity contribution in [2.45, 2.75) is 70.5 Å². The molecule has 2 atom stereocenters. The maximum absolute atomic E-state index is 13.7. The van der Waals surface area contributed by atoms with Crippen LogP contribution in [0.1, 0.15) is 53.1 Å². The third-order valence-electron chi connectivity index (χ3n) is 4.57. The molecule has 25 heavy (non-hydrogen) atoms. The molecule has 0 aromatic heterocycles. The highest BCUT2D eigenvalue weighted by Crippen LogP contribution is 2.37. The summed E-state index contributed by atoms with van der Waals surface area (Å²) in [5.74, 6) is -1.82. The third-order valence-corrected chi connectivity index (χ3v) is 10.7. The third kappa shape index (κ3) is 6.32. The lowest BCUT2D eigenvalue weighted by Gasteiger charge is -2.37. The van der Waals surface area contributed by atoms with Crippen LogP contribution in [0.2, 0.25) is 18.1 Å². The van der Waals surface area contributed by atoms with E-state index in [4.69, 9.17) is 4.43 Å². The van der Waals surface area contributed by atoms with Crippen LogP contribution in [0.4, 0.5) is 8.78 Å². The summed E-state index contributed by atoms with van der Waals surface area (Å²) in [4.78, 5) is 0. The van der Waals surface area contributed by atoms with Crippen molar-refractivity contribution < 1.29 is 17.8 Å². The SMILES string of the molecule is CC(C)(C)[S@+]([O-])N[C@@H](CO[Si](C)(C)C(C)(C)C)c1ccc(F)c(F)c1. The van der Waals surface area contributed by atoms with Crippen LogP contribution >= 0.6 is 0 Å². The Balaban J connectivity index is 3.05. The van der Waals surface area contributed by atoms with Crippen LogP contribution in [-0.2, 0) is 15.8 Å². The van der Waals surface area contributed by atoms with Crippen molar-refractivity contribution in [1.29, 1.82) is 0 Å². The zero-order chi connectivity index (χ0) is 19.6. The minimum Gasteiger partial charge on any atom is -0.598 e. The average Bonchev–Trinajstić information content (AvgIpc) is 2.44. The highest BCUT2D eigenvalue weighted by Gasteiger charge is 2.38. The van der Waals surface area contributed by atoms with E-state index >= 15 is 0 Å². The molecule has 0 fully saturated rings. The fourth-order valence-electron chi connectivity index (χ4n) is 1.74. The van der Waals surface area contributed by atoms with Crippen LogP contribution in [0.25, 0.3) is 0 Å². The Morgan fingerprint density at radius 3 is 2.12 bits per heavy atom. The predicted octanol–water partition coefficient (Wildman–Crippen LogP) is 5.08. The van der Waals surface area contributed by atoms with Gasteiger partial charge in [0.2, 0.25) is 0 Å². The summed E-state index contributed by atoms with van der Waals surface area (Å²) in [5, 5.41) is 0.0226. The number of rotatable bonds is 6. The number of benzene rings is 1. The monoisotopic (exact) mass is 391 g/mol. The second kappa shape index (κ2) is 8.04. The lowest BCUT2D eigenvalue weighted by molar-refractivity contribution is 0.255. The second-order valence-corrected chi connectivity index (χ2v) is 15.6. The average molecular weight is 392 g/mol. The molecule has 0 unspecified atom stereocenters. The first-order chi connectivity index (χ1) is 11.1. The molecular formula is C18H31F2NO2SSi. The first-order valence-electron chi connectivity index (χ1n) is 8.42. The molecule has 0 saturated heterocycles. The van der Waals surface area contributed by atoms with E-state index in [9.17, 15) is 13.3 Å². The normalized spacial score (nSPS) is 16.0. The molecule has 0 amide bonds. The fourth-order valence-corrected chi connectivity index (χ4v) is 3.57. The fraction of sp³-hybridized carbons (Fsp3) is 0.667. The molecule has 0 radical (unpaired) electrons. The Morgan fingerprint density at radius 1 is 1.12 bits per heavy atom. The molecule has 0 aliphatic heterocycles. The quantitative estimate of drug-likeness (QED) is 0.543. The van der Waals surface area contributed by atoms with E-state index in [1.165, 1.54) is 6.07 Å². The number of halogens is 2. The van der Waals surface area contributed by atoms with E-state index < -0.39 is 42.1 Å². The van der Waals surface area contributed by atoms with Crippen LogP contribution in [-0.4, -0.2) is 24.2 Å². The molecule has 1 aromatic rings. The van der Waals surface area contributed by atoms with E-state index in [1.807, 2.05) is 20.8 Å². The molecule has 0 aliphatic carbocycles. The van der Waals surface area contributed by atoms with E-state index in [2.05, 4.69) is 38.6 Å². The summed E-state index contributed by atoms with van der Waals surface area (Å²) in [5.41, 5.74) is 0.523. The first-order valence-corrected chi connectivity index (χ1v) is 12.5. The van der Waals surface area contributed by atoms with Crippen molar-refractivity contribution >= 4 is 19.7 Å². The van der Waals surface area contributed by atoms with E-state index in [1.54, 1.807) is 0 Å². The van der Waals surface area contributed by atoms with E-state index in [0.717, 1.165) is 12.1 Å². The van der Waals surface area contributed by atoms with E-state index in [0.29, 0.717) is 5.56 Å². The summed E-state index contributed by atoms with van der Waals surface area (Å²) in [6.07, 6.45) is 0. The summed E-state index contributed by atoms with van der Waals surface area (Å²) >= 11 is -1.36. The van der Waals surface area contributed by atoms with Gasteiger partial charge in [0, 0.05) is 11.4 Å². The van der Waals surface area contributed by atoms with Gasteiger partial charge in [-0.1, -0.05) is 26.8 Å². The highest BCUT2D eigenvalue weighted by atomic mass is 32.2. The smallest absolute Gasteiger partial charge is 0.192 e. The van der Waals surface area contributed by atoms with Crippen LogP contribution in [0, 0.1) is 11.6 Å². The largest absolute Gasteiger partial charge is 0.598 e. The number of nitrogens with one attached hydrogen (secondary N) is 1. The molecule has 1 rings (SSSR count). The molecule has 1 N–H and O–H groups in total. The Labute approximate surface area is 155 Å². The molecule has 144 valence electrons. The Hall–Kier alpha value is -0.473. The van der Waals surface area contributed by atoms with Crippen molar-refractivity contribution in [3.8, 4) is 0 Å². The highest BCUT2D eigenvalue weighted by molar-refractivity contribution is 7.90. The van der Waals surface area contributed by atoms with Crippen molar-refractivity contribution in [3.05, 3.63) is 35.4 Å². The predicted molar refractivity (Wildman–Crippen MR) is 103 cm³/mol. The first kappa shape index (κ1) is 22.6. The molecule has 1 aromatic carbocycles. The lowest BCUT2D eigenvalue weighted by Crippen LogP contribution is -2.46. The molecule has 0 saturated carbocycles. The summed E-state index contributed by atoms with van der Waals surface area (Å²) in [7, 11) is -2.03. The van der Waals surface area contributed by atoms with Crippen LogP contribution in [0.5, 0.6) is 0 Å². The molecule has 0 spiro atoms. The standard InChI is InChI=1S/C18H31F2NO2SSi/c1-17(2,3)24(22)21-16(12-23-25(7,8)18(4,5)6)13-9-10-14(19)15(20)11-13/h9-11,16,21H,12H2,1-8H3/t16-,24-/m0/s1. The Kier molecular flexibility index (Phi) is 7.26. The minimum atomic E-state index is -2.03. The van der Waals surface area contributed by atoms with Gasteiger partial charge < -0.3 is 8.98 Å². The second-order valence-electron chi connectivity index (χ2n) is 8.80. The molecule has 0 aliphatic rings. The minimum absolute atomic E-state index is 0.0226. The van der Waals surface area contributed by atoms with Crippen LogP contribution < -0.4 is 4.72 Å². The van der Waals surface area contributed by atoms with Crippen LogP contribution in [0.3, 0.4) is 0 Å². The Morgan fingerprint density at radius 2 is 1.68 bits per heavy atom. The molecule has 7 heteroatoms. The van der Waals surface area contributed by atoms with Crippen molar-refractivity contribution in [3.63, 3.8) is 0 Å². The Bertz CT molecular complexity index is 585. The van der Waals surface area contributed by atoms with Crippen LogP contribution in [0.15, 0.2) is 18.2 Å². The summed E-state index contributed by atoms with van der Waals surface area (Å²) < 4.78 is 48.2. The van der Waals surface area contributed by atoms with Gasteiger partial charge in [-0.05, 0) is 56.6 Å².